The van der Waals surface area contributed by atoms with Crippen LogP contribution >= 0.6 is 0 Å². The molecule has 0 saturated heterocycles. The Kier molecular flexibility index (Phi) is 8.33. The molecule has 23 heavy (non-hydrogen) atoms. The second kappa shape index (κ2) is 10.0. The van der Waals surface area contributed by atoms with E-state index in [2.05, 4.69) is 12.2 Å². The average molecular weight is 320 g/mol. The third-order valence-electron chi connectivity index (χ3n) is 3.87. The highest BCUT2D eigenvalue weighted by Gasteiger charge is 2.24. The Morgan fingerprint density at radius 2 is 1.83 bits per heavy atom. The number of aliphatic carboxylic acids is 1. The van der Waals surface area contributed by atoms with E-state index in [1.54, 1.807) is 11.8 Å². The van der Waals surface area contributed by atoms with Crippen molar-refractivity contribution in [2.45, 2.75) is 52.1 Å². The van der Waals surface area contributed by atoms with Crippen LogP contribution in [0.2, 0.25) is 0 Å². The second-order valence-corrected chi connectivity index (χ2v) is 5.80. The highest BCUT2D eigenvalue weighted by atomic mass is 16.4. The Balaban J connectivity index is 2.78. The number of nitrogens with one attached hydrogen (secondary N) is 1. The third-order valence-corrected chi connectivity index (χ3v) is 3.87. The van der Waals surface area contributed by atoms with Crippen LogP contribution < -0.4 is 5.32 Å². The Hall–Kier alpha value is -1.88. The van der Waals surface area contributed by atoms with Crippen molar-refractivity contribution in [1.82, 2.24) is 10.2 Å². The third kappa shape index (κ3) is 6.40. The minimum absolute atomic E-state index is 0.0375. The van der Waals surface area contributed by atoms with Gasteiger partial charge >= 0.3 is 5.97 Å². The van der Waals surface area contributed by atoms with Gasteiger partial charge in [-0.05, 0) is 31.9 Å². The molecule has 1 aromatic carbocycles. The summed E-state index contributed by atoms with van der Waals surface area (Å²) in [4.78, 5) is 25.2. The summed E-state index contributed by atoms with van der Waals surface area (Å²) in [7, 11) is 0. The molecule has 2 N–H and O–H groups in total. The summed E-state index contributed by atoms with van der Waals surface area (Å²) in [6.07, 6.45) is 2.62. The monoisotopic (exact) mass is 320 g/mol. The topological polar surface area (TPSA) is 69.6 Å². The highest BCUT2D eigenvalue weighted by Crippen LogP contribution is 2.18. The fourth-order valence-electron chi connectivity index (χ4n) is 2.62. The van der Waals surface area contributed by atoms with Crippen molar-refractivity contribution in [1.29, 1.82) is 0 Å². The fourth-order valence-corrected chi connectivity index (χ4v) is 2.62. The summed E-state index contributed by atoms with van der Waals surface area (Å²) in [5, 5.41) is 12.1. The van der Waals surface area contributed by atoms with Gasteiger partial charge in [-0.1, -0.05) is 50.6 Å². The minimum Gasteiger partial charge on any atom is -0.480 e. The number of carbonyl (C=O) groups is 2. The molecule has 0 aromatic heterocycles. The molecule has 1 amide bonds. The molecule has 1 rings (SSSR count). The first kappa shape index (κ1) is 19.2. The smallest absolute Gasteiger partial charge is 0.317 e. The van der Waals surface area contributed by atoms with Gasteiger partial charge in [0.15, 0.2) is 0 Å². The number of carboxylic acid groups (broad SMARTS) is 1. The Morgan fingerprint density at radius 1 is 1.17 bits per heavy atom. The van der Waals surface area contributed by atoms with E-state index >= 15 is 0 Å². The lowest BCUT2D eigenvalue weighted by molar-refractivity contribution is -0.140. The van der Waals surface area contributed by atoms with Gasteiger partial charge in [0, 0.05) is 0 Å². The van der Waals surface area contributed by atoms with Crippen LogP contribution in [0.15, 0.2) is 30.3 Å². The van der Waals surface area contributed by atoms with Gasteiger partial charge in [-0.15, -0.1) is 0 Å². The molecule has 0 fully saturated rings. The van der Waals surface area contributed by atoms with Crippen LogP contribution in [-0.2, 0) is 9.59 Å². The number of carboxylic acids is 1. The lowest BCUT2D eigenvalue weighted by Crippen LogP contribution is -2.48. The maximum atomic E-state index is 12.6. The molecule has 5 nitrogen and oxygen atoms in total. The van der Waals surface area contributed by atoms with E-state index in [0.717, 1.165) is 24.8 Å². The second-order valence-electron chi connectivity index (χ2n) is 5.80. The summed E-state index contributed by atoms with van der Waals surface area (Å²) in [6.45, 7) is 6.29. The van der Waals surface area contributed by atoms with Crippen LogP contribution in [-0.4, -0.2) is 41.0 Å². The van der Waals surface area contributed by atoms with E-state index in [0.29, 0.717) is 6.54 Å². The van der Waals surface area contributed by atoms with Gasteiger partial charge in [-0.25, -0.2) is 0 Å². The molecule has 0 bridgehead atoms. The van der Waals surface area contributed by atoms with Gasteiger partial charge in [-0.3, -0.25) is 14.5 Å². The van der Waals surface area contributed by atoms with E-state index in [1.807, 2.05) is 37.3 Å². The van der Waals surface area contributed by atoms with Crippen LogP contribution in [0, 0.1) is 0 Å². The van der Waals surface area contributed by atoms with Crippen LogP contribution in [0.25, 0.3) is 0 Å². The van der Waals surface area contributed by atoms with Gasteiger partial charge in [0.2, 0.25) is 5.91 Å². The van der Waals surface area contributed by atoms with E-state index in [9.17, 15) is 9.59 Å². The predicted molar refractivity (Wildman–Crippen MR) is 91.2 cm³/mol. The first-order chi connectivity index (χ1) is 11.0. The summed E-state index contributed by atoms with van der Waals surface area (Å²) in [5.41, 5.74) is 1.08. The first-order valence-corrected chi connectivity index (χ1v) is 8.30. The summed E-state index contributed by atoms with van der Waals surface area (Å²) in [5.74, 6) is -1.03. The molecule has 0 saturated carbocycles. The quantitative estimate of drug-likeness (QED) is 0.695. The number of hydrogen-bond donors (Lipinski definition) is 2. The zero-order valence-electron chi connectivity index (χ0n) is 14.3. The van der Waals surface area contributed by atoms with Crippen molar-refractivity contribution in [3.05, 3.63) is 35.9 Å². The minimum atomic E-state index is -0.911. The van der Waals surface area contributed by atoms with E-state index in [-0.39, 0.29) is 18.5 Å². The molecule has 0 heterocycles. The number of nitrogens with zero attached hydrogens (tertiary/aromatic N) is 1. The molecule has 0 aliphatic carbocycles. The van der Waals surface area contributed by atoms with Crippen LogP contribution in [0.4, 0.5) is 0 Å². The zero-order chi connectivity index (χ0) is 17.2. The number of benzene rings is 1. The van der Waals surface area contributed by atoms with Crippen LogP contribution in [0.1, 0.15) is 51.6 Å². The summed E-state index contributed by atoms with van der Waals surface area (Å²) >= 11 is 0. The highest BCUT2D eigenvalue weighted by molar-refractivity contribution is 5.82. The van der Waals surface area contributed by atoms with Crippen molar-refractivity contribution in [3.8, 4) is 0 Å². The molecule has 0 spiro atoms. The van der Waals surface area contributed by atoms with E-state index < -0.39 is 12.0 Å². The molecule has 128 valence electrons. The van der Waals surface area contributed by atoms with E-state index in [1.165, 1.54) is 0 Å². The van der Waals surface area contributed by atoms with Crippen LogP contribution in [0.3, 0.4) is 0 Å². The molecule has 0 aliphatic rings. The maximum Gasteiger partial charge on any atom is 0.317 e. The maximum absolute atomic E-state index is 12.6. The molecular weight excluding hydrogens is 292 g/mol. The van der Waals surface area contributed by atoms with Crippen molar-refractivity contribution < 1.29 is 14.7 Å². The lowest BCUT2D eigenvalue weighted by Gasteiger charge is -2.28. The zero-order valence-corrected chi connectivity index (χ0v) is 14.3. The number of amides is 1. The first-order valence-electron chi connectivity index (χ1n) is 8.30. The van der Waals surface area contributed by atoms with Gasteiger partial charge < -0.3 is 10.4 Å². The summed E-state index contributed by atoms with van der Waals surface area (Å²) < 4.78 is 0. The van der Waals surface area contributed by atoms with Crippen LogP contribution in [0.5, 0.6) is 0 Å². The predicted octanol–water partition coefficient (Wildman–Crippen LogP) is 2.83. The molecule has 2 unspecified atom stereocenters. The normalized spacial score (nSPS) is 13.6. The molecule has 2 atom stereocenters. The van der Waals surface area contributed by atoms with Gasteiger partial charge in [-0.2, -0.15) is 0 Å². The van der Waals surface area contributed by atoms with Gasteiger partial charge in [0.05, 0.1) is 18.6 Å². The standard InChI is InChI=1S/C18H28N2O3/c1-4-9-16(15-10-7-6-8-11-15)19-18(23)14(3)20(12-5-2)13-17(21)22/h6-8,10-11,14,16H,4-5,9,12-13H2,1-3H3,(H,19,23)(H,21,22). The number of hydrogen-bond acceptors (Lipinski definition) is 3. The Bertz CT molecular complexity index is 490. The molecule has 0 radical (unpaired) electrons. The number of rotatable bonds is 10. The largest absolute Gasteiger partial charge is 0.480 e. The SMILES string of the molecule is CCCC(NC(=O)C(C)N(CCC)CC(=O)O)c1ccccc1. The molecule has 1 aromatic rings. The lowest BCUT2D eigenvalue weighted by atomic mass is 10.0. The summed E-state index contributed by atoms with van der Waals surface area (Å²) in [6, 6.07) is 9.38. The van der Waals surface area contributed by atoms with Gasteiger partial charge in [0.25, 0.3) is 0 Å². The molecular formula is C18H28N2O3. The van der Waals surface area contributed by atoms with Gasteiger partial charge in [0.1, 0.15) is 0 Å². The van der Waals surface area contributed by atoms with Crippen molar-refractivity contribution >= 4 is 11.9 Å². The Morgan fingerprint density at radius 3 is 2.35 bits per heavy atom. The van der Waals surface area contributed by atoms with Crippen molar-refractivity contribution in [2.24, 2.45) is 0 Å². The van der Waals surface area contributed by atoms with Crippen molar-refractivity contribution in [3.63, 3.8) is 0 Å². The molecule has 5 heteroatoms. The number of carbonyl (C=O) groups excluding carboxylic acids is 1. The van der Waals surface area contributed by atoms with E-state index in [4.69, 9.17) is 5.11 Å². The molecule has 0 aliphatic heterocycles. The average Bonchev–Trinajstić information content (AvgIpc) is 2.53. The van der Waals surface area contributed by atoms with Crippen molar-refractivity contribution in [2.75, 3.05) is 13.1 Å². The fraction of sp³-hybridized carbons (Fsp3) is 0.556. The Labute approximate surface area is 138 Å².